The van der Waals surface area contributed by atoms with Crippen LogP contribution in [0.5, 0.6) is 0 Å². The van der Waals surface area contributed by atoms with Crippen LogP contribution in [0.25, 0.3) is 10.9 Å². The number of piperidine rings is 1. The van der Waals surface area contributed by atoms with Crippen molar-refractivity contribution in [3.63, 3.8) is 0 Å². The Bertz CT molecular complexity index is 557. The van der Waals surface area contributed by atoms with Gasteiger partial charge in [-0.3, -0.25) is 0 Å². The Labute approximate surface area is 106 Å². The molecule has 0 radical (unpaired) electrons. The van der Waals surface area contributed by atoms with Crippen LogP contribution in [-0.4, -0.2) is 34.3 Å². The molecule has 1 fully saturated rings. The number of aromatic nitrogens is 2. The van der Waals surface area contributed by atoms with Gasteiger partial charge in [-0.2, -0.15) is 0 Å². The highest BCUT2D eigenvalue weighted by Gasteiger charge is 2.25. The monoisotopic (exact) mass is 243 g/mol. The van der Waals surface area contributed by atoms with Crippen LogP contribution in [0.3, 0.4) is 0 Å². The quantitative estimate of drug-likeness (QED) is 0.830. The van der Waals surface area contributed by atoms with Crippen LogP contribution in [0.15, 0.2) is 30.5 Å². The van der Waals surface area contributed by atoms with E-state index in [1.165, 1.54) is 0 Å². The molecular formula is C14H17N3O. The van der Waals surface area contributed by atoms with Gasteiger partial charge in [0.2, 0.25) is 5.95 Å². The fourth-order valence-electron chi connectivity index (χ4n) is 2.43. The first kappa shape index (κ1) is 11.4. The molecule has 4 nitrogen and oxygen atoms in total. The van der Waals surface area contributed by atoms with E-state index in [9.17, 15) is 5.11 Å². The minimum atomic E-state index is -0.193. The minimum absolute atomic E-state index is 0.193. The van der Waals surface area contributed by atoms with Crippen molar-refractivity contribution in [2.24, 2.45) is 5.92 Å². The van der Waals surface area contributed by atoms with Gasteiger partial charge >= 0.3 is 0 Å². The van der Waals surface area contributed by atoms with Gasteiger partial charge in [0.1, 0.15) is 0 Å². The van der Waals surface area contributed by atoms with Crippen molar-refractivity contribution in [3.05, 3.63) is 30.5 Å². The smallest absolute Gasteiger partial charge is 0.225 e. The minimum Gasteiger partial charge on any atom is -0.393 e. The summed E-state index contributed by atoms with van der Waals surface area (Å²) in [7, 11) is 0. The Morgan fingerprint density at radius 3 is 3.00 bits per heavy atom. The van der Waals surface area contributed by atoms with E-state index >= 15 is 0 Å². The van der Waals surface area contributed by atoms with Crippen LogP contribution < -0.4 is 4.90 Å². The lowest BCUT2D eigenvalue weighted by Crippen LogP contribution is -2.42. The van der Waals surface area contributed by atoms with E-state index in [0.29, 0.717) is 0 Å². The number of aliphatic hydroxyl groups is 1. The van der Waals surface area contributed by atoms with Crippen molar-refractivity contribution in [1.29, 1.82) is 0 Å². The average molecular weight is 243 g/mol. The zero-order valence-corrected chi connectivity index (χ0v) is 10.5. The topological polar surface area (TPSA) is 49.2 Å². The summed E-state index contributed by atoms with van der Waals surface area (Å²) in [6.07, 6.45) is 2.46. The molecule has 2 heterocycles. The van der Waals surface area contributed by atoms with Gasteiger partial charge in [0.15, 0.2) is 0 Å². The molecule has 1 aliphatic heterocycles. The van der Waals surface area contributed by atoms with E-state index < -0.39 is 0 Å². The maximum atomic E-state index is 9.75. The van der Waals surface area contributed by atoms with E-state index in [-0.39, 0.29) is 12.0 Å². The van der Waals surface area contributed by atoms with Crippen LogP contribution in [0.4, 0.5) is 5.95 Å². The first-order chi connectivity index (χ1) is 8.74. The Morgan fingerprint density at radius 2 is 2.17 bits per heavy atom. The van der Waals surface area contributed by atoms with Gasteiger partial charge in [-0.1, -0.05) is 25.1 Å². The average Bonchev–Trinajstić information content (AvgIpc) is 2.41. The van der Waals surface area contributed by atoms with E-state index in [0.717, 1.165) is 36.4 Å². The fourth-order valence-corrected chi connectivity index (χ4v) is 2.43. The van der Waals surface area contributed by atoms with E-state index in [1.807, 2.05) is 30.5 Å². The zero-order chi connectivity index (χ0) is 12.5. The SMILES string of the molecule is CC1CN(c2ncc3ccccc3n2)CCC1O. The molecule has 18 heavy (non-hydrogen) atoms. The first-order valence-electron chi connectivity index (χ1n) is 6.39. The van der Waals surface area contributed by atoms with Crippen molar-refractivity contribution < 1.29 is 5.11 Å². The zero-order valence-electron chi connectivity index (χ0n) is 10.5. The predicted molar refractivity (Wildman–Crippen MR) is 71.5 cm³/mol. The number of rotatable bonds is 1. The number of hydrogen-bond donors (Lipinski definition) is 1. The Balaban J connectivity index is 1.90. The largest absolute Gasteiger partial charge is 0.393 e. The molecule has 0 aliphatic carbocycles. The van der Waals surface area contributed by atoms with Crippen LogP contribution in [0, 0.1) is 5.92 Å². The molecule has 1 saturated heterocycles. The molecule has 0 bridgehead atoms. The van der Waals surface area contributed by atoms with E-state index in [1.54, 1.807) is 0 Å². The maximum Gasteiger partial charge on any atom is 0.225 e. The Hall–Kier alpha value is -1.68. The molecule has 1 aromatic heterocycles. The highest BCUT2D eigenvalue weighted by atomic mass is 16.3. The molecule has 1 aliphatic rings. The van der Waals surface area contributed by atoms with Crippen LogP contribution in [0.1, 0.15) is 13.3 Å². The molecule has 1 N–H and O–H groups in total. The van der Waals surface area contributed by atoms with Crippen molar-refractivity contribution in [2.75, 3.05) is 18.0 Å². The third kappa shape index (κ3) is 2.04. The summed E-state index contributed by atoms with van der Waals surface area (Å²) in [5, 5.41) is 10.8. The highest BCUT2D eigenvalue weighted by Crippen LogP contribution is 2.21. The van der Waals surface area contributed by atoms with Gasteiger partial charge in [0, 0.05) is 24.7 Å². The van der Waals surface area contributed by atoms with Gasteiger partial charge in [-0.25, -0.2) is 9.97 Å². The molecule has 0 saturated carbocycles. The number of anilines is 1. The number of benzene rings is 1. The summed E-state index contributed by atoms with van der Waals surface area (Å²) in [5.41, 5.74) is 0.973. The number of para-hydroxylation sites is 1. The van der Waals surface area contributed by atoms with Gasteiger partial charge < -0.3 is 10.0 Å². The lowest BCUT2D eigenvalue weighted by Gasteiger charge is -2.34. The summed E-state index contributed by atoms with van der Waals surface area (Å²) in [4.78, 5) is 11.2. The summed E-state index contributed by atoms with van der Waals surface area (Å²) >= 11 is 0. The molecule has 3 rings (SSSR count). The highest BCUT2D eigenvalue weighted by molar-refractivity contribution is 5.78. The van der Waals surface area contributed by atoms with Gasteiger partial charge in [-0.05, 0) is 18.4 Å². The molecule has 2 aromatic rings. The molecule has 2 unspecified atom stereocenters. The molecule has 1 aromatic carbocycles. The van der Waals surface area contributed by atoms with E-state index in [4.69, 9.17) is 0 Å². The van der Waals surface area contributed by atoms with Gasteiger partial charge in [0.05, 0.1) is 11.6 Å². The number of hydrogen-bond acceptors (Lipinski definition) is 4. The second-order valence-corrected chi connectivity index (χ2v) is 5.01. The summed E-state index contributed by atoms with van der Waals surface area (Å²) in [6, 6.07) is 8.00. The van der Waals surface area contributed by atoms with Gasteiger partial charge in [0.25, 0.3) is 0 Å². The number of fused-ring (bicyclic) bond motifs is 1. The molecule has 4 heteroatoms. The van der Waals surface area contributed by atoms with Gasteiger partial charge in [-0.15, -0.1) is 0 Å². The third-order valence-electron chi connectivity index (χ3n) is 3.62. The number of nitrogens with zero attached hydrogens (tertiary/aromatic N) is 3. The fraction of sp³-hybridized carbons (Fsp3) is 0.429. The number of aliphatic hydroxyl groups excluding tert-OH is 1. The molecular weight excluding hydrogens is 226 g/mol. The summed E-state index contributed by atoms with van der Waals surface area (Å²) in [6.45, 7) is 3.71. The van der Waals surface area contributed by atoms with Crippen LogP contribution in [0.2, 0.25) is 0 Å². The van der Waals surface area contributed by atoms with E-state index in [2.05, 4.69) is 21.8 Å². The molecule has 2 atom stereocenters. The molecule has 94 valence electrons. The van der Waals surface area contributed by atoms with Crippen molar-refractivity contribution >= 4 is 16.9 Å². The maximum absolute atomic E-state index is 9.75. The van der Waals surface area contributed by atoms with Crippen molar-refractivity contribution in [2.45, 2.75) is 19.4 Å². The second kappa shape index (κ2) is 4.53. The van der Waals surface area contributed by atoms with Crippen LogP contribution >= 0.6 is 0 Å². The lowest BCUT2D eigenvalue weighted by atomic mass is 9.97. The molecule has 0 amide bonds. The second-order valence-electron chi connectivity index (χ2n) is 5.01. The third-order valence-corrected chi connectivity index (χ3v) is 3.62. The summed E-state index contributed by atoms with van der Waals surface area (Å²) in [5.74, 6) is 1.04. The standard InChI is InChI=1S/C14H17N3O/c1-10-9-17(7-6-13(10)18)14-15-8-11-4-2-3-5-12(11)16-14/h2-5,8,10,13,18H,6-7,9H2,1H3. The lowest BCUT2D eigenvalue weighted by molar-refractivity contribution is 0.0967. The Kier molecular flexibility index (Phi) is 2.88. The van der Waals surface area contributed by atoms with Crippen LogP contribution in [-0.2, 0) is 0 Å². The van der Waals surface area contributed by atoms with Crippen molar-refractivity contribution in [3.8, 4) is 0 Å². The normalized spacial score (nSPS) is 24.4. The predicted octanol–water partition coefficient (Wildman–Crippen LogP) is 1.84. The van der Waals surface area contributed by atoms with Crippen molar-refractivity contribution in [1.82, 2.24) is 9.97 Å². The first-order valence-corrected chi connectivity index (χ1v) is 6.39. The summed E-state index contributed by atoms with van der Waals surface area (Å²) < 4.78 is 0. The Morgan fingerprint density at radius 1 is 1.33 bits per heavy atom. The molecule has 0 spiro atoms.